The van der Waals surface area contributed by atoms with Gasteiger partial charge < -0.3 is 5.73 Å². The summed E-state index contributed by atoms with van der Waals surface area (Å²) >= 11 is 0. The Morgan fingerprint density at radius 3 is 2.21 bits per heavy atom. The molecule has 0 spiro atoms. The summed E-state index contributed by atoms with van der Waals surface area (Å²) in [5.74, 6) is -0.853. The molecule has 0 aliphatic carbocycles. The molecule has 0 aliphatic heterocycles. The lowest BCUT2D eigenvalue weighted by molar-refractivity contribution is -0.137. The van der Waals surface area contributed by atoms with Crippen LogP contribution in [0.4, 0.5) is 13.2 Å². The van der Waals surface area contributed by atoms with Crippen LogP contribution in [0, 0.1) is 0 Å². The topological polar surface area (TPSA) is 56.0 Å². The highest BCUT2D eigenvalue weighted by molar-refractivity contribution is 5.90. The van der Waals surface area contributed by atoms with Crippen LogP contribution in [0.5, 0.6) is 0 Å². The van der Waals surface area contributed by atoms with Crippen LogP contribution < -0.4 is 5.73 Å². The second kappa shape index (κ2) is 4.28. The number of nitrogens with zero attached hydrogens (tertiary/aromatic N) is 1. The molecule has 0 fully saturated rings. The van der Waals surface area contributed by atoms with E-state index in [4.69, 9.17) is 5.73 Å². The number of carbonyl (C=O) groups excluding carboxylic acids is 1. The first-order chi connectivity index (χ1) is 5.91. The van der Waals surface area contributed by atoms with E-state index in [2.05, 4.69) is 4.98 Å². The van der Waals surface area contributed by atoms with Crippen LogP contribution >= 0.6 is 12.4 Å². The van der Waals surface area contributed by atoms with Gasteiger partial charge in [-0.05, 0) is 12.1 Å². The number of carbonyl (C=O) groups is 1. The van der Waals surface area contributed by atoms with Crippen molar-refractivity contribution in [2.45, 2.75) is 6.18 Å². The van der Waals surface area contributed by atoms with Gasteiger partial charge in [0.05, 0.1) is 5.56 Å². The Labute approximate surface area is 83.5 Å². The van der Waals surface area contributed by atoms with E-state index in [1.165, 1.54) is 0 Å². The molecule has 78 valence electrons. The Kier molecular flexibility index (Phi) is 3.88. The number of primary amides is 1. The van der Waals surface area contributed by atoms with Crippen molar-refractivity contribution in [1.82, 2.24) is 4.98 Å². The summed E-state index contributed by atoms with van der Waals surface area (Å²) in [6.45, 7) is 0. The normalized spacial score (nSPS) is 10.5. The van der Waals surface area contributed by atoms with E-state index >= 15 is 0 Å². The molecule has 14 heavy (non-hydrogen) atoms. The first kappa shape index (κ1) is 12.7. The average Bonchev–Trinajstić information content (AvgIpc) is 2.03. The zero-order valence-electron chi connectivity index (χ0n) is 6.71. The van der Waals surface area contributed by atoms with E-state index in [0.717, 1.165) is 12.1 Å². The Morgan fingerprint density at radius 2 is 1.93 bits per heavy atom. The third kappa shape index (κ3) is 2.88. The number of alkyl halides is 3. The number of rotatable bonds is 1. The summed E-state index contributed by atoms with van der Waals surface area (Å²) in [5.41, 5.74) is 3.70. The van der Waals surface area contributed by atoms with Crippen molar-refractivity contribution in [3.8, 4) is 0 Å². The van der Waals surface area contributed by atoms with Crippen LogP contribution in [0.1, 0.15) is 16.1 Å². The lowest BCUT2D eigenvalue weighted by Gasteiger charge is -2.05. The predicted molar refractivity (Wildman–Crippen MR) is 45.0 cm³/mol. The zero-order valence-corrected chi connectivity index (χ0v) is 7.52. The fourth-order valence-electron chi connectivity index (χ4n) is 0.707. The van der Waals surface area contributed by atoms with Gasteiger partial charge in [-0.2, -0.15) is 13.2 Å². The number of amides is 1. The summed E-state index contributed by atoms with van der Waals surface area (Å²) < 4.78 is 35.9. The molecular formula is C7H6ClF3N2O. The van der Waals surface area contributed by atoms with Crippen LogP contribution in [0.15, 0.2) is 18.3 Å². The van der Waals surface area contributed by atoms with Crippen LogP contribution in [0.2, 0.25) is 0 Å². The number of hydrogen-bond acceptors (Lipinski definition) is 2. The summed E-state index contributed by atoms with van der Waals surface area (Å²) in [5, 5.41) is 0. The molecule has 3 nitrogen and oxygen atoms in total. The van der Waals surface area contributed by atoms with Gasteiger partial charge in [0.15, 0.2) is 0 Å². The van der Waals surface area contributed by atoms with Gasteiger partial charge in [0.2, 0.25) is 0 Å². The molecule has 0 aliphatic rings. The molecule has 0 saturated heterocycles. The van der Waals surface area contributed by atoms with Crippen LogP contribution in [-0.2, 0) is 6.18 Å². The van der Waals surface area contributed by atoms with Crippen molar-refractivity contribution in [3.05, 3.63) is 29.6 Å². The zero-order chi connectivity index (χ0) is 10.1. The molecule has 1 rings (SSSR count). The minimum absolute atomic E-state index is 0. The molecule has 1 aromatic heterocycles. The maximum Gasteiger partial charge on any atom is 0.417 e. The van der Waals surface area contributed by atoms with Gasteiger partial charge >= 0.3 is 6.18 Å². The fraction of sp³-hybridized carbons (Fsp3) is 0.143. The maximum atomic E-state index is 12.0. The maximum absolute atomic E-state index is 12.0. The number of aromatic nitrogens is 1. The molecule has 1 heterocycles. The highest BCUT2D eigenvalue weighted by Gasteiger charge is 2.30. The molecule has 0 aromatic carbocycles. The largest absolute Gasteiger partial charge is 0.417 e. The molecule has 0 radical (unpaired) electrons. The van der Waals surface area contributed by atoms with Crippen molar-refractivity contribution in [1.29, 1.82) is 0 Å². The molecule has 0 bridgehead atoms. The Balaban J connectivity index is 0.00000169. The van der Waals surface area contributed by atoms with Gasteiger partial charge in [-0.3, -0.25) is 9.78 Å². The van der Waals surface area contributed by atoms with Gasteiger partial charge in [-0.25, -0.2) is 0 Å². The lowest BCUT2D eigenvalue weighted by Crippen LogP contribution is -2.14. The first-order valence-corrected chi connectivity index (χ1v) is 3.24. The Bertz CT molecular complexity index is 323. The van der Waals surface area contributed by atoms with E-state index in [1.807, 2.05) is 0 Å². The van der Waals surface area contributed by atoms with E-state index < -0.39 is 17.6 Å². The molecule has 0 atom stereocenters. The van der Waals surface area contributed by atoms with Gasteiger partial charge in [-0.1, -0.05) is 0 Å². The molecule has 7 heteroatoms. The minimum atomic E-state index is -4.44. The van der Waals surface area contributed by atoms with Gasteiger partial charge in [0.25, 0.3) is 5.91 Å². The summed E-state index contributed by atoms with van der Waals surface area (Å²) in [6, 6.07) is 1.69. The number of pyridine rings is 1. The second-order valence-corrected chi connectivity index (χ2v) is 2.29. The minimum Gasteiger partial charge on any atom is -0.364 e. The van der Waals surface area contributed by atoms with Crippen molar-refractivity contribution in [2.24, 2.45) is 5.73 Å². The molecule has 0 saturated carbocycles. The predicted octanol–water partition coefficient (Wildman–Crippen LogP) is 1.62. The van der Waals surface area contributed by atoms with Crippen LogP contribution in [0.3, 0.4) is 0 Å². The van der Waals surface area contributed by atoms with E-state index in [9.17, 15) is 18.0 Å². The third-order valence-electron chi connectivity index (χ3n) is 1.34. The van der Waals surface area contributed by atoms with E-state index in [0.29, 0.717) is 6.20 Å². The Hall–Kier alpha value is -1.30. The van der Waals surface area contributed by atoms with Crippen molar-refractivity contribution in [2.75, 3.05) is 0 Å². The molecule has 2 N–H and O–H groups in total. The standard InChI is InChI=1S/C7H5F3N2O.ClH/c8-7(9,10)4-1-2-5(6(11)13)12-3-4;/h1-3H,(H2,11,13);1H. The highest BCUT2D eigenvalue weighted by Crippen LogP contribution is 2.28. The summed E-state index contributed by atoms with van der Waals surface area (Å²) in [6.07, 6.45) is -3.87. The number of nitrogens with two attached hydrogens (primary N) is 1. The van der Waals surface area contributed by atoms with Crippen LogP contribution in [-0.4, -0.2) is 10.9 Å². The van der Waals surface area contributed by atoms with Crippen molar-refractivity contribution >= 4 is 18.3 Å². The first-order valence-electron chi connectivity index (χ1n) is 3.24. The SMILES string of the molecule is Cl.NC(=O)c1ccc(C(F)(F)F)cn1. The number of halogens is 4. The van der Waals surface area contributed by atoms with Crippen LogP contribution in [0.25, 0.3) is 0 Å². The Morgan fingerprint density at radius 1 is 1.36 bits per heavy atom. The second-order valence-electron chi connectivity index (χ2n) is 2.29. The summed E-state index contributed by atoms with van der Waals surface area (Å²) in [4.78, 5) is 13.7. The fourth-order valence-corrected chi connectivity index (χ4v) is 0.707. The molecule has 1 amide bonds. The van der Waals surface area contributed by atoms with Crippen molar-refractivity contribution in [3.63, 3.8) is 0 Å². The molecule has 0 unspecified atom stereocenters. The summed E-state index contributed by atoms with van der Waals surface area (Å²) in [7, 11) is 0. The van der Waals surface area contributed by atoms with Crippen molar-refractivity contribution < 1.29 is 18.0 Å². The quantitative estimate of drug-likeness (QED) is 0.791. The smallest absolute Gasteiger partial charge is 0.364 e. The molecular weight excluding hydrogens is 221 g/mol. The lowest BCUT2D eigenvalue weighted by atomic mass is 10.2. The van der Waals surface area contributed by atoms with Gasteiger partial charge in [0.1, 0.15) is 5.69 Å². The van der Waals surface area contributed by atoms with Gasteiger partial charge in [0, 0.05) is 6.20 Å². The number of hydrogen-bond donors (Lipinski definition) is 1. The monoisotopic (exact) mass is 226 g/mol. The highest BCUT2D eigenvalue weighted by atomic mass is 35.5. The van der Waals surface area contributed by atoms with E-state index in [-0.39, 0.29) is 18.1 Å². The average molecular weight is 227 g/mol. The van der Waals surface area contributed by atoms with E-state index in [1.54, 1.807) is 0 Å². The van der Waals surface area contributed by atoms with Gasteiger partial charge in [-0.15, -0.1) is 12.4 Å². The third-order valence-corrected chi connectivity index (χ3v) is 1.34. The molecule has 1 aromatic rings.